The Hall–Kier alpha value is -2.68. The van der Waals surface area contributed by atoms with E-state index in [1.54, 1.807) is 25.6 Å². The number of esters is 1. The molecule has 0 radical (unpaired) electrons. The molecular weight excluding hydrogens is 356 g/mol. The SMILES string of the molecule is CC(=O)Nc1sc(C)c(C)c1C(=O)OCC(=O)Nc1c(C)nn(C)c1C. The highest BCUT2D eigenvalue weighted by Crippen LogP contribution is 2.33. The number of thiophene rings is 1. The van der Waals surface area contributed by atoms with Gasteiger partial charge >= 0.3 is 5.97 Å². The first kappa shape index (κ1) is 19.6. The molecule has 0 unspecified atom stereocenters. The first-order valence-electron chi connectivity index (χ1n) is 7.96. The number of hydrogen-bond acceptors (Lipinski definition) is 6. The molecule has 0 aliphatic carbocycles. The molecule has 140 valence electrons. The van der Waals surface area contributed by atoms with E-state index in [4.69, 9.17) is 4.74 Å². The maximum Gasteiger partial charge on any atom is 0.341 e. The maximum absolute atomic E-state index is 12.4. The average Bonchev–Trinajstić information content (AvgIpc) is 2.95. The highest BCUT2D eigenvalue weighted by atomic mass is 32.1. The molecule has 0 aliphatic rings. The van der Waals surface area contributed by atoms with E-state index in [0.29, 0.717) is 16.4 Å². The van der Waals surface area contributed by atoms with E-state index >= 15 is 0 Å². The van der Waals surface area contributed by atoms with Gasteiger partial charge in [-0.1, -0.05) is 0 Å². The molecule has 0 fully saturated rings. The summed E-state index contributed by atoms with van der Waals surface area (Å²) < 4.78 is 6.80. The summed E-state index contributed by atoms with van der Waals surface area (Å²) in [5.41, 5.74) is 3.10. The Morgan fingerprint density at radius 2 is 1.81 bits per heavy atom. The predicted molar refractivity (Wildman–Crippen MR) is 99.7 cm³/mol. The van der Waals surface area contributed by atoms with E-state index in [0.717, 1.165) is 16.1 Å². The highest BCUT2D eigenvalue weighted by molar-refractivity contribution is 7.16. The van der Waals surface area contributed by atoms with Crippen LogP contribution in [0, 0.1) is 27.7 Å². The van der Waals surface area contributed by atoms with Gasteiger partial charge in [-0.25, -0.2) is 4.79 Å². The fraction of sp³-hybridized carbons (Fsp3) is 0.412. The summed E-state index contributed by atoms with van der Waals surface area (Å²) in [7, 11) is 1.78. The van der Waals surface area contributed by atoms with Crippen LogP contribution in [0.3, 0.4) is 0 Å². The van der Waals surface area contributed by atoms with Gasteiger partial charge in [0.25, 0.3) is 5.91 Å². The van der Waals surface area contributed by atoms with E-state index in [1.807, 2.05) is 13.8 Å². The fourth-order valence-corrected chi connectivity index (χ4v) is 3.55. The van der Waals surface area contributed by atoms with Crippen molar-refractivity contribution in [1.29, 1.82) is 0 Å². The lowest BCUT2D eigenvalue weighted by Crippen LogP contribution is -2.22. The second-order valence-corrected chi connectivity index (χ2v) is 7.19. The van der Waals surface area contributed by atoms with Crippen LogP contribution in [0.25, 0.3) is 0 Å². The zero-order chi connectivity index (χ0) is 19.6. The number of carbonyl (C=O) groups is 3. The van der Waals surface area contributed by atoms with Crippen molar-refractivity contribution in [3.8, 4) is 0 Å². The number of anilines is 2. The summed E-state index contributed by atoms with van der Waals surface area (Å²) in [6.07, 6.45) is 0. The minimum atomic E-state index is -0.648. The number of ether oxygens (including phenoxy) is 1. The molecule has 0 spiro atoms. The molecule has 0 bridgehead atoms. The van der Waals surface area contributed by atoms with Crippen molar-refractivity contribution >= 4 is 39.8 Å². The van der Waals surface area contributed by atoms with E-state index in [9.17, 15) is 14.4 Å². The van der Waals surface area contributed by atoms with Crippen LogP contribution in [0.5, 0.6) is 0 Å². The number of carbonyl (C=O) groups excluding carboxylic acids is 3. The van der Waals surface area contributed by atoms with Gasteiger partial charge in [-0.2, -0.15) is 5.10 Å². The lowest BCUT2D eigenvalue weighted by Gasteiger charge is -2.08. The lowest BCUT2D eigenvalue weighted by atomic mass is 10.1. The topological polar surface area (TPSA) is 102 Å². The van der Waals surface area contributed by atoms with Crippen LogP contribution >= 0.6 is 11.3 Å². The normalized spacial score (nSPS) is 10.5. The van der Waals surface area contributed by atoms with Crippen LogP contribution < -0.4 is 10.6 Å². The summed E-state index contributed by atoms with van der Waals surface area (Å²) in [6.45, 7) is 8.18. The van der Waals surface area contributed by atoms with Gasteiger partial charge in [-0.3, -0.25) is 14.3 Å². The summed E-state index contributed by atoms with van der Waals surface area (Å²) >= 11 is 1.30. The zero-order valence-corrected chi connectivity index (χ0v) is 16.5. The molecule has 26 heavy (non-hydrogen) atoms. The number of nitrogens with zero attached hydrogens (tertiary/aromatic N) is 2. The standard InChI is InChI=1S/C17H22N4O4S/c1-8-11(4)26-16(18-12(5)22)14(8)17(24)25-7-13(23)19-15-9(2)20-21(6)10(15)3/h7H2,1-6H3,(H,18,22)(H,19,23). The molecule has 2 aromatic rings. The third-order valence-electron chi connectivity index (χ3n) is 3.99. The van der Waals surface area contributed by atoms with Crippen LogP contribution in [-0.4, -0.2) is 34.2 Å². The van der Waals surface area contributed by atoms with Gasteiger partial charge in [-0.15, -0.1) is 11.3 Å². The minimum Gasteiger partial charge on any atom is -0.452 e. The molecule has 2 N–H and O–H groups in total. The van der Waals surface area contributed by atoms with Crippen molar-refractivity contribution in [1.82, 2.24) is 9.78 Å². The van der Waals surface area contributed by atoms with Gasteiger partial charge in [0.2, 0.25) is 5.91 Å². The van der Waals surface area contributed by atoms with Crippen molar-refractivity contribution < 1.29 is 19.1 Å². The summed E-state index contributed by atoms with van der Waals surface area (Å²) in [6, 6.07) is 0. The zero-order valence-electron chi connectivity index (χ0n) is 15.6. The average molecular weight is 378 g/mol. The Labute approximate surface area is 155 Å². The highest BCUT2D eigenvalue weighted by Gasteiger charge is 2.22. The van der Waals surface area contributed by atoms with E-state index in [1.165, 1.54) is 18.3 Å². The van der Waals surface area contributed by atoms with E-state index in [-0.39, 0.29) is 11.5 Å². The first-order chi connectivity index (χ1) is 12.1. The van der Waals surface area contributed by atoms with Gasteiger partial charge in [-0.05, 0) is 33.3 Å². The second-order valence-electron chi connectivity index (χ2n) is 5.96. The molecule has 8 nitrogen and oxygen atoms in total. The molecule has 0 saturated heterocycles. The Balaban J connectivity index is 2.07. The van der Waals surface area contributed by atoms with Gasteiger partial charge in [0.1, 0.15) is 5.00 Å². The third-order valence-corrected chi connectivity index (χ3v) is 5.11. The molecule has 2 heterocycles. The van der Waals surface area contributed by atoms with Crippen molar-refractivity contribution in [2.75, 3.05) is 17.2 Å². The van der Waals surface area contributed by atoms with E-state index in [2.05, 4.69) is 15.7 Å². The Morgan fingerprint density at radius 3 is 2.35 bits per heavy atom. The number of aryl methyl sites for hydroxylation is 3. The Bertz CT molecular complexity index is 882. The fourth-order valence-electron chi connectivity index (χ4n) is 2.45. The smallest absolute Gasteiger partial charge is 0.341 e. The molecule has 2 rings (SSSR count). The van der Waals surface area contributed by atoms with Crippen LogP contribution in [0.15, 0.2) is 0 Å². The number of nitrogens with one attached hydrogen (secondary N) is 2. The van der Waals surface area contributed by atoms with E-state index < -0.39 is 18.5 Å². The van der Waals surface area contributed by atoms with Gasteiger partial charge in [0.15, 0.2) is 6.61 Å². The molecule has 0 atom stereocenters. The van der Waals surface area contributed by atoms with Crippen molar-refractivity contribution in [2.24, 2.45) is 7.05 Å². The predicted octanol–water partition coefficient (Wildman–Crippen LogP) is 2.47. The number of aromatic nitrogens is 2. The summed E-state index contributed by atoms with van der Waals surface area (Å²) in [5, 5.41) is 9.98. The molecule has 2 amide bonds. The third kappa shape index (κ3) is 4.10. The molecule has 0 aliphatic heterocycles. The van der Waals surface area contributed by atoms with Crippen LogP contribution in [-0.2, 0) is 21.4 Å². The largest absolute Gasteiger partial charge is 0.452 e. The monoisotopic (exact) mass is 378 g/mol. The van der Waals surface area contributed by atoms with Crippen molar-refractivity contribution in [2.45, 2.75) is 34.6 Å². The van der Waals surface area contributed by atoms with Gasteiger partial charge in [0, 0.05) is 18.8 Å². The minimum absolute atomic E-state index is 0.277. The van der Waals surface area contributed by atoms with Crippen molar-refractivity contribution in [3.63, 3.8) is 0 Å². The summed E-state index contributed by atoms with van der Waals surface area (Å²) in [5.74, 6) is -1.38. The van der Waals surface area contributed by atoms with Crippen molar-refractivity contribution in [3.05, 3.63) is 27.4 Å². The molecule has 2 aromatic heterocycles. The summed E-state index contributed by atoms with van der Waals surface area (Å²) in [4.78, 5) is 36.7. The molecule has 0 aromatic carbocycles. The number of amides is 2. The second kappa shape index (κ2) is 7.69. The molecule has 0 saturated carbocycles. The number of rotatable bonds is 5. The maximum atomic E-state index is 12.4. The van der Waals surface area contributed by atoms with Gasteiger partial charge < -0.3 is 15.4 Å². The first-order valence-corrected chi connectivity index (χ1v) is 8.78. The molecular formula is C17H22N4O4S. The van der Waals surface area contributed by atoms with Crippen LogP contribution in [0.2, 0.25) is 0 Å². The lowest BCUT2D eigenvalue weighted by molar-refractivity contribution is -0.119. The van der Waals surface area contributed by atoms with Crippen LogP contribution in [0.4, 0.5) is 10.7 Å². The van der Waals surface area contributed by atoms with Crippen LogP contribution in [0.1, 0.15) is 39.1 Å². The van der Waals surface area contributed by atoms with Gasteiger partial charge in [0.05, 0.1) is 22.6 Å². The Kier molecular flexibility index (Phi) is 5.81. The number of hydrogen-bond donors (Lipinski definition) is 2. The Morgan fingerprint density at radius 1 is 1.15 bits per heavy atom. The quantitative estimate of drug-likeness (QED) is 0.778. The molecule has 9 heteroatoms.